The summed E-state index contributed by atoms with van der Waals surface area (Å²) in [6.07, 6.45) is 8.29. The number of pyridine rings is 3. The smallest absolute Gasteiger partial charge is 0.340 e. The second kappa shape index (κ2) is 7.38. The molecule has 0 spiro atoms. The highest BCUT2D eigenvalue weighted by molar-refractivity contribution is 5.93. The minimum absolute atomic E-state index is 0.0420. The second-order valence-electron chi connectivity index (χ2n) is 9.72. The molecule has 3 aromatic rings. The molecule has 3 aromatic heterocycles. The molecule has 6 rings (SSSR count). The molecule has 0 saturated heterocycles. The maximum atomic E-state index is 12.0. The Labute approximate surface area is 191 Å². The Kier molecular flexibility index (Phi) is 4.55. The summed E-state index contributed by atoms with van der Waals surface area (Å²) in [6, 6.07) is 5.53. The monoisotopic (exact) mass is 445 g/mol. The van der Waals surface area contributed by atoms with Gasteiger partial charge in [-0.3, -0.25) is 0 Å². The van der Waals surface area contributed by atoms with Gasteiger partial charge >= 0.3 is 5.97 Å². The highest BCUT2D eigenvalue weighted by atomic mass is 16.5. The van der Waals surface area contributed by atoms with Crippen LogP contribution >= 0.6 is 0 Å². The van der Waals surface area contributed by atoms with Crippen molar-refractivity contribution >= 4 is 28.4 Å². The first-order valence-electron chi connectivity index (χ1n) is 11.6. The SMILES string of the molecule is C[C@H]1COC(=O)c2ccc(Nc3cc4c(C(C)(N)C5CC5)cnc(OC5CC5)c4cn3)nc21. The molecule has 0 radical (unpaired) electrons. The molecule has 2 aliphatic carbocycles. The van der Waals surface area contributed by atoms with Crippen molar-refractivity contribution in [3.8, 4) is 5.88 Å². The first kappa shape index (κ1) is 20.4. The molecule has 2 atom stereocenters. The van der Waals surface area contributed by atoms with Gasteiger partial charge in [0.1, 0.15) is 17.7 Å². The number of carbonyl (C=O) groups excluding carboxylic acids is 1. The summed E-state index contributed by atoms with van der Waals surface area (Å²) < 4.78 is 11.3. The number of nitrogens with one attached hydrogen (secondary N) is 1. The molecule has 2 fully saturated rings. The first-order chi connectivity index (χ1) is 15.9. The predicted molar refractivity (Wildman–Crippen MR) is 124 cm³/mol. The zero-order valence-corrected chi connectivity index (χ0v) is 18.8. The van der Waals surface area contributed by atoms with Crippen molar-refractivity contribution in [2.75, 3.05) is 11.9 Å². The van der Waals surface area contributed by atoms with Crippen molar-refractivity contribution < 1.29 is 14.3 Å². The van der Waals surface area contributed by atoms with Crippen LogP contribution < -0.4 is 15.8 Å². The third-order valence-corrected chi connectivity index (χ3v) is 6.88. The fourth-order valence-corrected chi connectivity index (χ4v) is 4.53. The van der Waals surface area contributed by atoms with E-state index >= 15 is 0 Å². The van der Waals surface area contributed by atoms with Crippen molar-refractivity contribution in [1.82, 2.24) is 15.0 Å². The van der Waals surface area contributed by atoms with Gasteiger partial charge in [0.05, 0.1) is 23.3 Å². The van der Waals surface area contributed by atoms with Gasteiger partial charge in [0, 0.05) is 23.9 Å². The second-order valence-corrected chi connectivity index (χ2v) is 9.72. The number of hydrogen-bond donors (Lipinski definition) is 2. The lowest BCUT2D eigenvalue weighted by atomic mass is 9.86. The van der Waals surface area contributed by atoms with E-state index in [1.807, 2.05) is 19.2 Å². The van der Waals surface area contributed by atoms with Crippen LogP contribution in [0.4, 0.5) is 11.6 Å². The Balaban J connectivity index is 1.40. The minimum atomic E-state index is -0.470. The number of hydrogen-bond acceptors (Lipinski definition) is 8. The van der Waals surface area contributed by atoms with E-state index in [1.165, 1.54) is 0 Å². The average Bonchev–Trinajstić information content (AvgIpc) is 3.70. The third-order valence-electron chi connectivity index (χ3n) is 6.88. The molecule has 0 aromatic carbocycles. The van der Waals surface area contributed by atoms with Crippen LogP contribution in [0.15, 0.2) is 30.6 Å². The largest absolute Gasteiger partial charge is 0.474 e. The Morgan fingerprint density at radius 2 is 1.94 bits per heavy atom. The number of esters is 1. The molecule has 0 bridgehead atoms. The minimum Gasteiger partial charge on any atom is -0.474 e. The highest BCUT2D eigenvalue weighted by Crippen LogP contribution is 2.46. The average molecular weight is 446 g/mol. The number of ether oxygens (including phenoxy) is 2. The van der Waals surface area contributed by atoms with Crippen molar-refractivity contribution in [2.24, 2.45) is 11.7 Å². The Morgan fingerprint density at radius 3 is 2.70 bits per heavy atom. The Bertz CT molecular complexity index is 1270. The van der Waals surface area contributed by atoms with Crippen LogP contribution in [-0.4, -0.2) is 33.6 Å². The van der Waals surface area contributed by atoms with Gasteiger partial charge in [0.2, 0.25) is 5.88 Å². The number of fused-ring (bicyclic) bond motifs is 2. The van der Waals surface area contributed by atoms with Crippen LogP contribution in [0, 0.1) is 5.92 Å². The lowest BCUT2D eigenvalue weighted by Crippen LogP contribution is -2.35. The zero-order valence-electron chi connectivity index (χ0n) is 18.8. The molecule has 8 heteroatoms. The summed E-state index contributed by atoms with van der Waals surface area (Å²) in [5, 5.41) is 5.16. The number of aromatic nitrogens is 3. The van der Waals surface area contributed by atoms with Gasteiger partial charge in [-0.1, -0.05) is 6.92 Å². The number of rotatable bonds is 6. The molecule has 4 heterocycles. The van der Waals surface area contributed by atoms with Gasteiger partial charge < -0.3 is 20.5 Å². The van der Waals surface area contributed by atoms with Crippen molar-refractivity contribution in [2.45, 2.75) is 57.1 Å². The maximum absolute atomic E-state index is 12.0. The Hall–Kier alpha value is -3.26. The van der Waals surface area contributed by atoms with Gasteiger partial charge in [0.25, 0.3) is 0 Å². The predicted octanol–water partition coefficient (Wildman–Crippen LogP) is 4.17. The van der Waals surface area contributed by atoms with Crippen molar-refractivity contribution in [3.05, 3.63) is 47.4 Å². The molecule has 3 aliphatic rings. The lowest BCUT2D eigenvalue weighted by Gasteiger charge is -2.27. The van der Waals surface area contributed by atoms with Gasteiger partial charge in [-0.25, -0.2) is 19.7 Å². The van der Waals surface area contributed by atoms with E-state index in [9.17, 15) is 4.79 Å². The molecule has 170 valence electrons. The number of carbonyl (C=O) groups is 1. The van der Waals surface area contributed by atoms with E-state index in [1.54, 1.807) is 18.3 Å². The summed E-state index contributed by atoms with van der Waals surface area (Å²) in [4.78, 5) is 25.9. The summed E-state index contributed by atoms with van der Waals surface area (Å²) in [5.74, 6) is 2.06. The van der Waals surface area contributed by atoms with Gasteiger partial charge in [-0.05, 0) is 67.7 Å². The molecule has 1 unspecified atom stereocenters. The summed E-state index contributed by atoms with van der Waals surface area (Å²) in [5.41, 5.74) is 8.59. The molecular weight excluding hydrogens is 418 g/mol. The van der Waals surface area contributed by atoms with Gasteiger partial charge in [-0.15, -0.1) is 0 Å². The number of cyclic esters (lactones) is 1. The number of nitrogens with two attached hydrogens (primary N) is 1. The number of anilines is 2. The molecule has 2 saturated carbocycles. The van der Waals surface area contributed by atoms with Crippen LogP contribution in [0.5, 0.6) is 5.88 Å². The van der Waals surface area contributed by atoms with E-state index in [2.05, 4.69) is 27.2 Å². The number of nitrogens with zero attached hydrogens (tertiary/aromatic N) is 3. The summed E-state index contributed by atoms with van der Waals surface area (Å²) in [7, 11) is 0. The maximum Gasteiger partial charge on any atom is 0.340 e. The van der Waals surface area contributed by atoms with Crippen LogP contribution in [0.1, 0.15) is 67.1 Å². The lowest BCUT2D eigenvalue weighted by molar-refractivity contribution is 0.0445. The van der Waals surface area contributed by atoms with Crippen LogP contribution in [-0.2, 0) is 10.3 Å². The third kappa shape index (κ3) is 3.68. The fourth-order valence-electron chi connectivity index (χ4n) is 4.53. The van der Waals surface area contributed by atoms with E-state index in [0.717, 1.165) is 47.7 Å². The summed E-state index contributed by atoms with van der Waals surface area (Å²) in [6.45, 7) is 4.42. The topological polar surface area (TPSA) is 112 Å². The molecule has 0 amide bonds. The van der Waals surface area contributed by atoms with Crippen LogP contribution in [0.25, 0.3) is 10.8 Å². The normalized spacial score (nSPS) is 21.8. The molecular formula is C25H27N5O3. The van der Waals surface area contributed by atoms with E-state index in [-0.39, 0.29) is 18.0 Å². The standard InChI is InChI=1S/C25H27N5O3/c1-13-12-32-24(31)16-7-8-20(30-22(13)16)29-21-9-17-18(10-27-21)23(33-15-5-6-15)28-11-19(17)25(2,26)14-3-4-14/h7-11,13-15H,3-6,12,26H2,1-2H3,(H,27,29,30)/t13-,25?/m0/s1. The highest BCUT2D eigenvalue weighted by Gasteiger charge is 2.41. The van der Waals surface area contributed by atoms with E-state index < -0.39 is 5.54 Å². The van der Waals surface area contributed by atoms with E-state index in [0.29, 0.717) is 35.6 Å². The van der Waals surface area contributed by atoms with Crippen molar-refractivity contribution in [1.29, 1.82) is 0 Å². The summed E-state index contributed by atoms with van der Waals surface area (Å²) >= 11 is 0. The molecule has 1 aliphatic heterocycles. The van der Waals surface area contributed by atoms with Crippen LogP contribution in [0.3, 0.4) is 0 Å². The first-order valence-corrected chi connectivity index (χ1v) is 11.6. The Morgan fingerprint density at radius 1 is 1.12 bits per heavy atom. The fraction of sp³-hybridized carbons (Fsp3) is 0.440. The van der Waals surface area contributed by atoms with E-state index in [4.69, 9.17) is 15.2 Å². The quantitative estimate of drug-likeness (QED) is 0.544. The molecule has 33 heavy (non-hydrogen) atoms. The zero-order chi connectivity index (χ0) is 22.7. The van der Waals surface area contributed by atoms with Crippen molar-refractivity contribution in [3.63, 3.8) is 0 Å². The molecule has 8 nitrogen and oxygen atoms in total. The van der Waals surface area contributed by atoms with Gasteiger partial charge in [0.15, 0.2) is 0 Å². The van der Waals surface area contributed by atoms with Gasteiger partial charge in [-0.2, -0.15) is 0 Å². The molecule has 3 N–H and O–H groups in total. The van der Waals surface area contributed by atoms with Crippen LogP contribution in [0.2, 0.25) is 0 Å².